The normalized spacial score (nSPS) is 30.0. The Morgan fingerprint density at radius 1 is 1.22 bits per heavy atom. The molecule has 3 aliphatic heterocycles. The lowest BCUT2D eigenvalue weighted by atomic mass is 10.0. The molecule has 0 saturated carbocycles. The van der Waals surface area contributed by atoms with E-state index in [1.165, 1.54) is 12.1 Å². The predicted molar refractivity (Wildman–Crippen MR) is 99.6 cm³/mol. The quantitative estimate of drug-likeness (QED) is 0.805. The summed E-state index contributed by atoms with van der Waals surface area (Å²) in [6.07, 6.45) is 1.19. The highest BCUT2D eigenvalue weighted by Gasteiger charge is 2.64. The molecule has 0 aromatic heterocycles. The Hall–Kier alpha value is -1.95. The lowest BCUT2D eigenvalue weighted by molar-refractivity contribution is -0.138. The smallest absolute Gasteiger partial charge is 0.227 e. The number of carbonyl (C=O) groups is 1. The van der Waals surface area contributed by atoms with Crippen LogP contribution in [-0.2, 0) is 16.1 Å². The van der Waals surface area contributed by atoms with Crippen molar-refractivity contribution in [1.82, 2.24) is 9.80 Å². The molecule has 2 aromatic rings. The largest absolute Gasteiger partial charge is 0.351 e. The van der Waals surface area contributed by atoms with Crippen molar-refractivity contribution in [2.24, 2.45) is 0 Å². The van der Waals surface area contributed by atoms with Gasteiger partial charge in [-0.05, 0) is 29.3 Å². The van der Waals surface area contributed by atoms with Crippen molar-refractivity contribution in [3.8, 4) is 0 Å². The van der Waals surface area contributed by atoms with Gasteiger partial charge in [-0.15, -0.1) is 0 Å². The van der Waals surface area contributed by atoms with E-state index in [0.29, 0.717) is 24.6 Å². The highest BCUT2D eigenvalue weighted by molar-refractivity contribution is 6.31. The molecule has 140 valence electrons. The summed E-state index contributed by atoms with van der Waals surface area (Å²) >= 11 is 6.26. The molecular weight excluding hydrogens is 367 g/mol. The molecule has 0 radical (unpaired) electrons. The van der Waals surface area contributed by atoms with Gasteiger partial charge < -0.3 is 9.64 Å². The summed E-state index contributed by atoms with van der Waals surface area (Å²) < 4.78 is 19.9. The first kappa shape index (κ1) is 17.2. The second-order valence-corrected chi connectivity index (χ2v) is 7.93. The van der Waals surface area contributed by atoms with Crippen LogP contribution in [0.5, 0.6) is 0 Å². The molecule has 5 rings (SSSR count). The van der Waals surface area contributed by atoms with Crippen LogP contribution in [0.2, 0.25) is 5.02 Å². The summed E-state index contributed by atoms with van der Waals surface area (Å²) in [6.45, 7) is 1.83. The van der Waals surface area contributed by atoms with Crippen molar-refractivity contribution in [3.05, 3.63) is 70.5 Å². The van der Waals surface area contributed by atoms with Crippen LogP contribution in [0, 0.1) is 5.82 Å². The van der Waals surface area contributed by atoms with E-state index < -0.39 is 5.72 Å². The van der Waals surface area contributed by atoms with E-state index in [1.807, 2.05) is 35.2 Å². The number of likely N-dealkylation sites (tertiary alicyclic amines) is 1. The first-order chi connectivity index (χ1) is 13.1. The molecule has 0 unspecified atom stereocenters. The van der Waals surface area contributed by atoms with Crippen LogP contribution < -0.4 is 0 Å². The Morgan fingerprint density at radius 3 is 2.85 bits per heavy atom. The zero-order chi connectivity index (χ0) is 18.6. The van der Waals surface area contributed by atoms with Gasteiger partial charge in [0.05, 0.1) is 18.7 Å². The number of ether oxygens (including phenoxy) is 1. The summed E-state index contributed by atoms with van der Waals surface area (Å²) in [5.41, 5.74) is 1.28. The highest BCUT2D eigenvalue weighted by atomic mass is 35.5. The first-order valence-electron chi connectivity index (χ1n) is 9.27. The zero-order valence-electron chi connectivity index (χ0n) is 14.8. The summed E-state index contributed by atoms with van der Waals surface area (Å²) in [5.74, 6) is -0.171. The minimum atomic E-state index is -0.572. The lowest BCUT2D eigenvalue weighted by Crippen LogP contribution is -2.48. The van der Waals surface area contributed by atoms with Crippen LogP contribution in [0.25, 0.3) is 0 Å². The van der Waals surface area contributed by atoms with Crippen LogP contribution in [0.1, 0.15) is 30.0 Å². The van der Waals surface area contributed by atoms with Gasteiger partial charge in [0.15, 0.2) is 5.72 Å². The van der Waals surface area contributed by atoms with Crippen LogP contribution in [0.3, 0.4) is 0 Å². The minimum Gasteiger partial charge on any atom is -0.351 e. The lowest BCUT2D eigenvalue weighted by Gasteiger charge is -2.33. The van der Waals surface area contributed by atoms with Crippen LogP contribution in [0.15, 0.2) is 48.5 Å². The molecule has 4 nitrogen and oxygen atoms in total. The van der Waals surface area contributed by atoms with Gasteiger partial charge in [0.25, 0.3) is 0 Å². The number of hydrogen-bond acceptors (Lipinski definition) is 3. The van der Waals surface area contributed by atoms with Crippen LogP contribution in [0.4, 0.5) is 4.39 Å². The monoisotopic (exact) mass is 386 g/mol. The third-order valence-corrected chi connectivity index (χ3v) is 6.50. The third-order valence-electron chi connectivity index (χ3n) is 6.13. The maximum absolute atomic E-state index is 13.6. The first-order valence-corrected chi connectivity index (χ1v) is 9.65. The summed E-state index contributed by atoms with van der Waals surface area (Å²) in [4.78, 5) is 17.1. The molecule has 27 heavy (non-hydrogen) atoms. The van der Waals surface area contributed by atoms with Gasteiger partial charge in [-0.25, -0.2) is 4.39 Å². The van der Waals surface area contributed by atoms with Gasteiger partial charge in [-0.1, -0.05) is 41.9 Å². The molecule has 3 saturated heterocycles. The fraction of sp³-hybridized carbons (Fsp3) is 0.381. The van der Waals surface area contributed by atoms with E-state index in [1.54, 1.807) is 6.07 Å². The predicted octanol–water partition coefficient (Wildman–Crippen LogP) is 3.75. The Labute approximate surface area is 162 Å². The van der Waals surface area contributed by atoms with Gasteiger partial charge in [0.1, 0.15) is 5.82 Å². The molecule has 0 aliphatic carbocycles. The fourth-order valence-electron chi connectivity index (χ4n) is 4.92. The van der Waals surface area contributed by atoms with Crippen molar-refractivity contribution < 1.29 is 13.9 Å². The van der Waals surface area contributed by atoms with Crippen molar-refractivity contribution in [3.63, 3.8) is 0 Å². The van der Waals surface area contributed by atoms with Crippen molar-refractivity contribution >= 4 is 17.5 Å². The molecule has 3 atom stereocenters. The third kappa shape index (κ3) is 2.60. The van der Waals surface area contributed by atoms with Gasteiger partial charge in [0, 0.05) is 31.0 Å². The number of benzene rings is 2. The Balaban J connectivity index is 1.43. The number of hydrogen-bond donors (Lipinski definition) is 0. The summed E-state index contributed by atoms with van der Waals surface area (Å²) in [7, 11) is 0. The zero-order valence-corrected chi connectivity index (χ0v) is 15.5. The molecule has 1 spiro atoms. The molecule has 2 aromatic carbocycles. The number of halogens is 2. The molecule has 3 aliphatic rings. The number of carbonyl (C=O) groups excluding carboxylic acids is 1. The molecule has 6 heteroatoms. The summed E-state index contributed by atoms with van der Waals surface area (Å²) in [6, 6.07) is 14.4. The minimum absolute atomic E-state index is 0.0296. The second-order valence-electron chi connectivity index (χ2n) is 7.52. The molecule has 3 heterocycles. The number of nitrogens with zero attached hydrogens (tertiary/aromatic N) is 2. The SMILES string of the molecule is O=C1C[C@H]2N(Cc3cc(F)ccc3Cl)CC[C@]23OC[C@@H](c2ccccc2)N13. The van der Waals surface area contributed by atoms with Crippen molar-refractivity contribution in [1.29, 1.82) is 0 Å². The highest BCUT2D eigenvalue weighted by Crippen LogP contribution is 2.51. The van der Waals surface area contributed by atoms with Crippen LogP contribution in [-0.4, -0.2) is 40.6 Å². The standard InChI is InChI=1S/C21H20ClFN2O2/c22-17-7-6-16(23)10-15(17)12-24-9-8-21-19(24)11-20(26)25(21)18(13-27-21)14-4-2-1-3-5-14/h1-7,10,18-19H,8-9,11-13H2/t18-,19+,21-/m0/s1. The number of rotatable bonds is 3. The van der Waals surface area contributed by atoms with E-state index in [-0.39, 0.29) is 23.8 Å². The molecular formula is C21H20ClFN2O2. The van der Waals surface area contributed by atoms with Gasteiger partial charge in [0.2, 0.25) is 5.91 Å². The fourth-order valence-corrected chi connectivity index (χ4v) is 5.10. The van der Waals surface area contributed by atoms with Gasteiger partial charge in [-0.2, -0.15) is 0 Å². The average Bonchev–Trinajstić information content (AvgIpc) is 3.29. The average molecular weight is 387 g/mol. The number of amides is 1. The molecule has 0 N–H and O–H groups in total. The van der Waals surface area contributed by atoms with Gasteiger partial charge in [-0.3, -0.25) is 9.69 Å². The van der Waals surface area contributed by atoms with E-state index in [2.05, 4.69) is 4.90 Å². The molecule has 1 amide bonds. The van der Waals surface area contributed by atoms with Gasteiger partial charge >= 0.3 is 0 Å². The van der Waals surface area contributed by atoms with Crippen LogP contribution >= 0.6 is 11.6 Å². The summed E-state index contributed by atoms with van der Waals surface area (Å²) in [5, 5.41) is 0.549. The Morgan fingerprint density at radius 2 is 2.04 bits per heavy atom. The Kier molecular flexibility index (Phi) is 4.00. The topological polar surface area (TPSA) is 32.8 Å². The maximum Gasteiger partial charge on any atom is 0.227 e. The van der Waals surface area contributed by atoms with E-state index >= 15 is 0 Å². The second kappa shape index (κ2) is 6.30. The van der Waals surface area contributed by atoms with E-state index in [0.717, 1.165) is 24.1 Å². The van der Waals surface area contributed by atoms with E-state index in [4.69, 9.17) is 16.3 Å². The van der Waals surface area contributed by atoms with Crippen molar-refractivity contribution in [2.75, 3.05) is 13.2 Å². The molecule has 3 fully saturated rings. The Bertz CT molecular complexity index is 893. The van der Waals surface area contributed by atoms with Crippen molar-refractivity contribution in [2.45, 2.75) is 37.2 Å². The molecule has 0 bridgehead atoms. The maximum atomic E-state index is 13.6. The van der Waals surface area contributed by atoms with E-state index in [9.17, 15) is 9.18 Å².